The Balaban J connectivity index is 1.15. The third kappa shape index (κ3) is 5.63. The fourth-order valence-electron chi connectivity index (χ4n) is 6.08. The van der Waals surface area contributed by atoms with Gasteiger partial charge in [-0.15, -0.1) is 0 Å². The van der Waals surface area contributed by atoms with Crippen LogP contribution in [0.15, 0.2) is 53.7 Å². The molecular formula is C29H37N9O2. The van der Waals surface area contributed by atoms with Gasteiger partial charge in [-0.25, -0.2) is 4.99 Å². The van der Waals surface area contributed by atoms with Crippen molar-refractivity contribution in [1.82, 2.24) is 9.88 Å². The Morgan fingerprint density at radius 1 is 0.900 bits per heavy atom. The van der Waals surface area contributed by atoms with Gasteiger partial charge in [-0.3, -0.25) is 20.0 Å². The van der Waals surface area contributed by atoms with Gasteiger partial charge in [0.05, 0.1) is 24.1 Å². The van der Waals surface area contributed by atoms with E-state index in [1.54, 1.807) is 18.3 Å². The summed E-state index contributed by atoms with van der Waals surface area (Å²) in [6.45, 7) is 1.65. The SMILES string of the molecule is N=C(N)N1CC=C(c2ccc(NC(=O)C34CCC(C(=O)Nc5ccc(CN=C(N)N)nc5)(CC3)CC4)cc2)CC1. The van der Waals surface area contributed by atoms with Crippen molar-refractivity contribution >= 4 is 40.7 Å². The fourth-order valence-corrected chi connectivity index (χ4v) is 6.08. The van der Waals surface area contributed by atoms with Gasteiger partial charge in [0, 0.05) is 29.6 Å². The largest absolute Gasteiger partial charge is 0.370 e. The summed E-state index contributed by atoms with van der Waals surface area (Å²) in [4.78, 5) is 36.8. The second-order valence-corrected chi connectivity index (χ2v) is 11.1. The summed E-state index contributed by atoms with van der Waals surface area (Å²) in [6, 6.07) is 11.5. The Hall–Kier alpha value is -4.41. The normalized spacial score (nSPS) is 23.6. The number of nitrogens with one attached hydrogen (secondary N) is 3. The lowest BCUT2D eigenvalue weighted by molar-refractivity contribution is -0.144. The first kappa shape index (κ1) is 27.2. The zero-order chi connectivity index (χ0) is 28.3. The molecule has 4 aliphatic rings. The Morgan fingerprint density at radius 2 is 1.48 bits per heavy atom. The highest BCUT2D eigenvalue weighted by Gasteiger charge is 2.55. The van der Waals surface area contributed by atoms with E-state index in [4.69, 9.17) is 22.6 Å². The number of benzene rings is 1. The van der Waals surface area contributed by atoms with Gasteiger partial charge in [0.15, 0.2) is 11.9 Å². The van der Waals surface area contributed by atoms with E-state index in [-0.39, 0.29) is 30.3 Å². The maximum atomic E-state index is 13.4. The molecule has 0 spiro atoms. The van der Waals surface area contributed by atoms with E-state index in [1.165, 1.54) is 5.57 Å². The molecule has 40 heavy (non-hydrogen) atoms. The van der Waals surface area contributed by atoms with Crippen LogP contribution in [-0.2, 0) is 16.1 Å². The van der Waals surface area contributed by atoms with Crippen LogP contribution in [-0.4, -0.2) is 46.7 Å². The van der Waals surface area contributed by atoms with Crippen molar-refractivity contribution in [2.24, 2.45) is 33.0 Å². The second-order valence-electron chi connectivity index (χ2n) is 11.1. The minimum Gasteiger partial charge on any atom is -0.370 e. The fraction of sp³-hybridized carbons (Fsp3) is 0.414. The number of aliphatic imine (C=N–C) groups is 1. The summed E-state index contributed by atoms with van der Waals surface area (Å²) in [5.41, 5.74) is 19.9. The summed E-state index contributed by atoms with van der Waals surface area (Å²) >= 11 is 0. The molecule has 9 N–H and O–H groups in total. The molecule has 6 rings (SSSR count). The number of nitrogens with two attached hydrogens (primary N) is 3. The first-order chi connectivity index (χ1) is 19.2. The highest BCUT2D eigenvalue weighted by Crippen LogP contribution is 2.57. The number of fused-ring (bicyclic) bond motifs is 3. The van der Waals surface area contributed by atoms with Crippen LogP contribution in [0.1, 0.15) is 56.2 Å². The topological polar surface area (TPSA) is 189 Å². The minimum atomic E-state index is -0.452. The lowest BCUT2D eigenvalue weighted by Gasteiger charge is -2.51. The Morgan fingerprint density at radius 3 is 1.95 bits per heavy atom. The second kappa shape index (κ2) is 11.0. The number of guanidine groups is 2. The number of hydrogen-bond acceptors (Lipinski definition) is 5. The van der Waals surface area contributed by atoms with Gasteiger partial charge in [-0.1, -0.05) is 18.2 Å². The van der Waals surface area contributed by atoms with Crippen LogP contribution >= 0.6 is 0 Å². The van der Waals surface area contributed by atoms with Crippen LogP contribution in [0.5, 0.6) is 0 Å². The van der Waals surface area contributed by atoms with Crippen molar-refractivity contribution in [3.05, 3.63) is 59.9 Å². The van der Waals surface area contributed by atoms with Gasteiger partial charge >= 0.3 is 0 Å². The van der Waals surface area contributed by atoms with Crippen LogP contribution in [0.2, 0.25) is 0 Å². The van der Waals surface area contributed by atoms with Crippen molar-refractivity contribution in [2.45, 2.75) is 51.5 Å². The van der Waals surface area contributed by atoms with Gasteiger partial charge in [-0.2, -0.15) is 0 Å². The van der Waals surface area contributed by atoms with E-state index in [9.17, 15) is 9.59 Å². The number of aromatic nitrogens is 1. The van der Waals surface area contributed by atoms with E-state index in [1.807, 2.05) is 29.2 Å². The molecule has 3 aliphatic carbocycles. The lowest BCUT2D eigenvalue weighted by atomic mass is 9.53. The number of carbonyl (C=O) groups is 2. The number of anilines is 2. The maximum Gasteiger partial charge on any atom is 0.230 e. The van der Waals surface area contributed by atoms with Crippen molar-refractivity contribution in [3.8, 4) is 0 Å². The molecule has 0 saturated heterocycles. The molecule has 1 aliphatic heterocycles. The molecule has 3 saturated carbocycles. The Bertz CT molecular complexity index is 1320. The number of rotatable bonds is 7. The van der Waals surface area contributed by atoms with E-state index in [0.29, 0.717) is 56.5 Å². The first-order valence-electron chi connectivity index (χ1n) is 13.7. The molecular weight excluding hydrogens is 506 g/mol. The number of carbonyl (C=O) groups excluding carboxylic acids is 2. The molecule has 0 atom stereocenters. The van der Waals surface area contributed by atoms with Crippen molar-refractivity contribution in [2.75, 3.05) is 23.7 Å². The van der Waals surface area contributed by atoms with E-state index in [0.717, 1.165) is 24.2 Å². The van der Waals surface area contributed by atoms with Gasteiger partial charge in [-0.05, 0) is 80.3 Å². The van der Waals surface area contributed by atoms with E-state index in [2.05, 4.69) is 26.7 Å². The Kier molecular flexibility index (Phi) is 7.46. The number of hydrogen-bond donors (Lipinski definition) is 6. The van der Waals surface area contributed by atoms with Crippen molar-refractivity contribution in [3.63, 3.8) is 0 Å². The van der Waals surface area contributed by atoms with Crippen LogP contribution < -0.4 is 27.8 Å². The predicted molar refractivity (Wildman–Crippen MR) is 156 cm³/mol. The van der Waals surface area contributed by atoms with E-state index >= 15 is 0 Å². The van der Waals surface area contributed by atoms with Crippen molar-refractivity contribution < 1.29 is 9.59 Å². The van der Waals surface area contributed by atoms with Gasteiger partial charge in [0.25, 0.3) is 0 Å². The average Bonchev–Trinajstić information content (AvgIpc) is 2.98. The van der Waals surface area contributed by atoms with Crippen LogP contribution in [0, 0.1) is 16.2 Å². The molecule has 11 nitrogen and oxygen atoms in total. The summed E-state index contributed by atoms with van der Waals surface area (Å²) in [5.74, 6) is 0.148. The molecule has 2 amide bonds. The number of nitrogens with zero attached hydrogens (tertiary/aromatic N) is 3. The highest BCUT2D eigenvalue weighted by molar-refractivity contribution is 5.98. The summed E-state index contributed by atoms with van der Waals surface area (Å²) < 4.78 is 0. The quantitative estimate of drug-likeness (QED) is 0.229. The zero-order valence-corrected chi connectivity index (χ0v) is 22.6. The molecule has 3 fully saturated rings. The monoisotopic (exact) mass is 543 g/mol. The molecule has 210 valence electrons. The standard InChI is InChI=1S/C29H37N9O2/c30-26(31)35-17-22-5-6-23(18-34-22)37-25(40)29-12-9-28(10-13-29,11-14-29)24(39)36-21-3-1-19(2-4-21)20-7-15-38(16-8-20)27(32)33/h1-7,18H,8-17H2,(H3,32,33)(H,36,39)(H,37,40)(H4,30,31,35). The van der Waals surface area contributed by atoms with Crippen LogP contribution in [0.4, 0.5) is 11.4 Å². The van der Waals surface area contributed by atoms with E-state index < -0.39 is 10.8 Å². The third-order valence-corrected chi connectivity index (χ3v) is 8.78. The van der Waals surface area contributed by atoms with Crippen LogP contribution in [0.25, 0.3) is 5.57 Å². The predicted octanol–water partition coefficient (Wildman–Crippen LogP) is 2.76. The highest BCUT2D eigenvalue weighted by atomic mass is 16.2. The Labute approximate surface area is 233 Å². The van der Waals surface area contributed by atoms with Crippen molar-refractivity contribution in [1.29, 1.82) is 5.41 Å². The molecule has 0 unspecified atom stereocenters. The summed E-state index contributed by atoms with van der Waals surface area (Å²) in [7, 11) is 0. The summed E-state index contributed by atoms with van der Waals surface area (Å²) in [5, 5.41) is 13.8. The molecule has 0 radical (unpaired) electrons. The smallest absolute Gasteiger partial charge is 0.230 e. The zero-order valence-electron chi connectivity index (χ0n) is 22.6. The minimum absolute atomic E-state index is 0.000915. The first-order valence-corrected chi connectivity index (χ1v) is 13.7. The van der Waals surface area contributed by atoms with Gasteiger partial charge in [0.1, 0.15) is 0 Å². The average molecular weight is 544 g/mol. The molecule has 11 heteroatoms. The van der Waals surface area contributed by atoms with Gasteiger partial charge in [0.2, 0.25) is 11.8 Å². The van der Waals surface area contributed by atoms with Crippen LogP contribution in [0.3, 0.4) is 0 Å². The molecule has 1 aromatic heterocycles. The number of pyridine rings is 1. The third-order valence-electron chi connectivity index (χ3n) is 8.78. The molecule has 2 aromatic rings. The van der Waals surface area contributed by atoms with Gasteiger partial charge < -0.3 is 32.7 Å². The molecule has 1 aromatic carbocycles. The summed E-state index contributed by atoms with van der Waals surface area (Å²) in [6.07, 6.45) is 8.69. The lowest BCUT2D eigenvalue weighted by Crippen LogP contribution is -2.52. The molecule has 2 heterocycles. The maximum absolute atomic E-state index is 13.4. The molecule has 2 bridgehead atoms. The number of amides is 2.